The number of ether oxygens (including phenoxy) is 4. The molecule has 180 valence electrons. The molecule has 34 heavy (non-hydrogen) atoms. The first-order chi connectivity index (χ1) is 16.0. The van der Waals surface area contributed by atoms with Gasteiger partial charge in [0.05, 0.1) is 36.4 Å². The Morgan fingerprint density at radius 1 is 1.00 bits per heavy atom. The average molecular weight is 498 g/mol. The van der Waals surface area contributed by atoms with Crippen molar-refractivity contribution in [2.75, 3.05) is 19.5 Å². The molecular weight excluding hydrogens is 466 g/mol. The lowest BCUT2D eigenvalue weighted by Gasteiger charge is -2.19. The van der Waals surface area contributed by atoms with Crippen LogP contribution in [-0.4, -0.2) is 48.2 Å². The summed E-state index contributed by atoms with van der Waals surface area (Å²) in [5.74, 6) is 0.397. The van der Waals surface area contributed by atoms with Gasteiger partial charge in [-0.05, 0) is 30.7 Å². The molecule has 9 heteroatoms. The lowest BCUT2D eigenvalue weighted by molar-refractivity contribution is -0.134. The topological polar surface area (TPSA) is 83.1 Å². The number of nitrogens with one attached hydrogen (secondary N) is 1. The summed E-state index contributed by atoms with van der Waals surface area (Å²) in [4.78, 5) is 25.5. The number of amides is 1. The fraction of sp³-hybridized carbons (Fsp3) is 0.360. The molecule has 0 bridgehead atoms. The Labute approximate surface area is 202 Å². The number of para-hydroxylation sites is 1. The van der Waals surface area contributed by atoms with Crippen LogP contribution in [0.15, 0.2) is 42.4 Å². The van der Waals surface area contributed by atoms with Gasteiger partial charge in [-0.15, -0.1) is 0 Å². The summed E-state index contributed by atoms with van der Waals surface area (Å²) in [6, 6.07) is 9.49. The van der Waals surface area contributed by atoms with E-state index in [2.05, 4.69) is 43.6 Å². The molecule has 4 rings (SSSR count). The van der Waals surface area contributed by atoms with Gasteiger partial charge in [-0.2, -0.15) is 0 Å². The first kappa shape index (κ1) is 24.1. The van der Waals surface area contributed by atoms with Crippen LogP contribution in [0.2, 0.25) is 31.9 Å². The van der Waals surface area contributed by atoms with Crippen molar-refractivity contribution in [3.63, 3.8) is 0 Å². The molecule has 0 aliphatic carbocycles. The van der Waals surface area contributed by atoms with Crippen molar-refractivity contribution < 1.29 is 28.5 Å². The Bertz CT molecular complexity index is 1180. The zero-order valence-electron chi connectivity index (χ0n) is 20.7. The number of hydrogen-bond acceptors (Lipinski definition) is 6. The Hall–Kier alpha value is -3.05. The summed E-state index contributed by atoms with van der Waals surface area (Å²) in [7, 11) is -0.0220. The van der Waals surface area contributed by atoms with Crippen molar-refractivity contribution >= 4 is 43.9 Å². The first-order valence-electron chi connectivity index (χ1n) is 11.2. The van der Waals surface area contributed by atoms with Crippen molar-refractivity contribution in [1.29, 1.82) is 0 Å². The molecule has 0 saturated carbocycles. The maximum Gasteiger partial charge on any atom is 0.289 e. The van der Waals surface area contributed by atoms with Crippen LogP contribution >= 0.6 is 0 Å². The Balaban J connectivity index is 1.52. The minimum absolute atomic E-state index is 0.0224. The van der Waals surface area contributed by atoms with E-state index in [0.717, 1.165) is 5.56 Å². The first-order valence-corrected chi connectivity index (χ1v) is 17.7. The van der Waals surface area contributed by atoms with Crippen molar-refractivity contribution in [2.45, 2.75) is 44.9 Å². The van der Waals surface area contributed by atoms with E-state index in [0.29, 0.717) is 22.9 Å². The molecular formula is C25H31NO6Si2. The number of aryl methyl sites for hydroxylation is 1. The van der Waals surface area contributed by atoms with E-state index >= 15 is 0 Å². The van der Waals surface area contributed by atoms with Gasteiger partial charge in [0.1, 0.15) is 22.9 Å². The third-order valence-corrected chi connectivity index (χ3v) is 17.6. The molecule has 2 aromatic carbocycles. The fourth-order valence-corrected chi connectivity index (χ4v) is 20.2. The molecule has 2 aromatic rings. The number of ketones is 1. The molecule has 0 saturated heterocycles. The molecule has 2 aliphatic rings. The van der Waals surface area contributed by atoms with Gasteiger partial charge in [-0.1, -0.05) is 54.4 Å². The van der Waals surface area contributed by atoms with Crippen LogP contribution in [0.3, 0.4) is 0 Å². The smallest absolute Gasteiger partial charge is 0.289 e. The largest absolute Gasteiger partial charge is 0.494 e. The summed E-state index contributed by atoms with van der Waals surface area (Å²) >= 11 is 0. The summed E-state index contributed by atoms with van der Waals surface area (Å²) in [5, 5.41) is 5.62. The highest BCUT2D eigenvalue weighted by molar-refractivity contribution is 7.14. The van der Waals surface area contributed by atoms with Crippen LogP contribution in [0.5, 0.6) is 17.2 Å². The van der Waals surface area contributed by atoms with E-state index in [4.69, 9.17) is 18.9 Å². The van der Waals surface area contributed by atoms with Crippen molar-refractivity contribution in [2.24, 2.45) is 0 Å². The average Bonchev–Trinajstić information content (AvgIpc) is 3.21. The zero-order chi connectivity index (χ0) is 24.8. The second-order valence-corrected chi connectivity index (χ2v) is 20.1. The summed E-state index contributed by atoms with van der Waals surface area (Å²) in [6.07, 6.45) is -0.117. The monoisotopic (exact) mass is 497 g/mol. The maximum absolute atomic E-state index is 12.9. The van der Waals surface area contributed by atoms with E-state index in [1.807, 2.05) is 6.92 Å². The number of benzene rings is 2. The molecule has 1 unspecified atom stereocenters. The van der Waals surface area contributed by atoms with E-state index in [-0.39, 0.29) is 5.95 Å². The van der Waals surface area contributed by atoms with Gasteiger partial charge in [0, 0.05) is 0 Å². The quantitative estimate of drug-likeness (QED) is 0.487. The van der Waals surface area contributed by atoms with Crippen molar-refractivity contribution in [3.8, 4) is 17.2 Å². The predicted octanol–water partition coefficient (Wildman–Crippen LogP) is 3.22. The third kappa shape index (κ3) is 4.25. The van der Waals surface area contributed by atoms with E-state index in [1.54, 1.807) is 18.2 Å². The molecule has 1 atom stereocenters. The number of anilines is 1. The van der Waals surface area contributed by atoms with Gasteiger partial charge < -0.3 is 24.3 Å². The summed E-state index contributed by atoms with van der Waals surface area (Å²) < 4.78 is 22.3. The second-order valence-electron chi connectivity index (χ2n) is 10.1. The number of rotatable bonds is 6. The third-order valence-electron chi connectivity index (χ3n) is 6.53. The van der Waals surface area contributed by atoms with Crippen LogP contribution in [0, 0.1) is 6.92 Å². The summed E-state index contributed by atoms with van der Waals surface area (Å²) in [5.41, 5.74) is 2.64. The number of methoxy groups -OCH3 is 2. The fourth-order valence-electron chi connectivity index (χ4n) is 5.12. The predicted molar refractivity (Wildman–Crippen MR) is 137 cm³/mol. The molecule has 0 fully saturated rings. The van der Waals surface area contributed by atoms with Crippen LogP contribution < -0.4 is 29.9 Å². The van der Waals surface area contributed by atoms with Gasteiger partial charge in [-0.25, -0.2) is 0 Å². The van der Waals surface area contributed by atoms with Gasteiger partial charge in [0.2, 0.25) is 11.9 Å². The van der Waals surface area contributed by atoms with Gasteiger partial charge in [0.25, 0.3) is 11.9 Å². The molecule has 1 amide bonds. The zero-order valence-corrected chi connectivity index (χ0v) is 22.7. The molecule has 2 aliphatic heterocycles. The Kier molecular flexibility index (Phi) is 6.11. The lowest BCUT2D eigenvalue weighted by atomic mass is 10.2. The van der Waals surface area contributed by atoms with Gasteiger partial charge >= 0.3 is 0 Å². The highest BCUT2D eigenvalue weighted by atomic mass is 28.4. The van der Waals surface area contributed by atoms with Crippen molar-refractivity contribution in [3.05, 3.63) is 47.9 Å². The highest BCUT2D eigenvalue weighted by Crippen LogP contribution is 2.35. The van der Waals surface area contributed by atoms with Crippen LogP contribution in [0.25, 0.3) is 0 Å². The van der Waals surface area contributed by atoms with Crippen LogP contribution in [0.1, 0.15) is 5.56 Å². The standard InChI is InChI=1S/C25H31NO6Si2/c1-15-11-20-21(34(6,7)14-33(20,4)5)13-19(15)31-22-12-16(27)24(32-22)25(28)26-23-17(29-2)9-8-10-18(23)30-3/h8-13,24H,14H2,1-7H3,(H,26,28). The van der Waals surface area contributed by atoms with Gasteiger partial charge in [-0.3, -0.25) is 9.59 Å². The lowest BCUT2D eigenvalue weighted by Crippen LogP contribution is -2.44. The van der Waals surface area contributed by atoms with Crippen LogP contribution in [0.4, 0.5) is 5.69 Å². The minimum Gasteiger partial charge on any atom is -0.494 e. The second kappa shape index (κ2) is 8.63. The summed E-state index contributed by atoms with van der Waals surface area (Å²) in [6.45, 7) is 11.6. The Morgan fingerprint density at radius 2 is 1.59 bits per heavy atom. The maximum atomic E-state index is 12.9. The molecule has 0 aromatic heterocycles. The van der Waals surface area contributed by atoms with Crippen LogP contribution in [-0.2, 0) is 14.3 Å². The molecule has 0 radical (unpaired) electrons. The number of carbonyl (C=O) groups is 2. The SMILES string of the molecule is COc1cccc(OC)c1NC(=O)C1OC(Oc2cc3c(cc2C)[Si](C)(C)C[Si]3(C)C)=CC1=O. The normalized spacial score (nSPS) is 19.7. The molecule has 1 N–H and O–H groups in total. The number of hydrogen-bond donors (Lipinski definition) is 1. The Morgan fingerprint density at radius 3 is 2.18 bits per heavy atom. The molecule has 0 spiro atoms. The minimum atomic E-state index is -1.55. The van der Waals surface area contributed by atoms with E-state index in [9.17, 15) is 9.59 Å². The van der Waals surface area contributed by atoms with Gasteiger partial charge in [0.15, 0.2) is 0 Å². The highest BCUT2D eigenvalue weighted by Gasteiger charge is 2.45. The van der Waals surface area contributed by atoms with E-state index < -0.39 is 33.9 Å². The molecule has 2 heterocycles. The molecule has 7 nitrogen and oxygen atoms in total. The van der Waals surface area contributed by atoms with E-state index in [1.165, 1.54) is 36.3 Å². The van der Waals surface area contributed by atoms with Crippen molar-refractivity contribution in [1.82, 2.24) is 0 Å². The number of carbonyl (C=O) groups excluding carboxylic acids is 2. The number of fused-ring (bicyclic) bond motifs is 1.